The van der Waals surface area contributed by atoms with E-state index in [9.17, 15) is 0 Å². The summed E-state index contributed by atoms with van der Waals surface area (Å²) in [6.45, 7) is 0. The third kappa shape index (κ3) is 4.81. The van der Waals surface area contributed by atoms with Gasteiger partial charge in [-0.1, -0.05) is 140 Å². The highest BCUT2D eigenvalue weighted by Gasteiger charge is 2.25. The number of benzene rings is 6. The molecule has 50 heavy (non-hydrogen) atoms. The SMILES string of the molecule is C1=CCC(c2cccc(C3N=C(n4c5ccccc5c5c6sc7ccccc7c6ccc54)N=C(c4cccc(-c5ccccc5)c4)N3)c2)C=C1. The molecule has 5 heteroatoms. The number of aromatic nitrogens is 1. The molecule has 4 nitrogen and oxygen atoms in total. The zero-order valence-electron chi connectivity index (χ0n) is 27.2. The number of rotatable bonds is 4. The van der Waals surface area contributed by atoms with Gasteiger partial charge in [-0.3, -0.25) is 4.57 Å². The van der Waals surface area contributed by atoms with Crippen molar-refractivity contribution in [2.45, 2.75) is 18.5 Å². The summed E-state index contributed by atoms with van der Waals surface area (Å²) in [5, 5.41) is 8.79. The Morgan fingerprint density at radius 3 is 2.30 bits per heavy atom. The molecule has 238 valence electrons. The van der Waals surface area contributed by atoms with Crippen LogP contribution in [0, 0.1) is 0 Å². The van der Waals surface area contributed by atoms with Crippen LogP contribution in [0.2, 0.25) is 0 Å². The minimum Gasteiger partial charge on any atom is -0.344 e. The van der Waals surface area contributed by atoms with Crippen molar-refractivity contribution >= 4 is 65.1 Å². The Labute approximate surface area is 294 Å². The average Bonchev–Trinajstić information content (AvgIpc) is 3.74. The lowest BCUT2D eigenvalue weighted by molar-refractivity contribution is 0.666. The highest BCUT2D eigenvalue weighted by molar-refractivity contribution is 7.26. The van der Waals surface area contributed by atoms with Gasteiger partial charge in [0.2, 0.25) is 5.96 Å². The number of allylic oxidation sites excluding steroid dienone is 4. The number of aliphatic imine (C=N–C) groups is 2. The first-order valence-corrected chi connectivity index (χ1v) is 18.0. The van der Waals surface area contributed by atoms with Gasteiger partial charge in [-0.2, -0.15) is 4.99 Å². The standard InChI is InChI=1S/C45H32N4S/c1-3-13-29(14-4-1)31-17-11-19-33(27-31)43-46-44(34-20-12-18-32(28-34)30-15-5-2-6-16-30)48-45(47-43)49-38-23-9-7-22-37(38)41-39(49)26-25-36-35-21-8-10-24-40(35)50-42(36)41/h1-15,17-28,30,44H,16H2,(H,46,47,48). The summed E-state index contributed by atoms with van der Waals surface area (Å²) in [7, 11) is 0. The number of thiophene rings is 1. The first-order valence-electron chi connectivity index (χ1n) is 17.1. The van der Waals surface area contributed by atoms with Gasteiger partial charge in [0.1, 0.15) is 12.0 Å². The summed E-state index contributed by atoms with van der Waals surface area (Å²) >= 11 is 1.86. The molecule has 0 radical (unpaired) electrons. The molecule has 6 aromatic carbocycles. The number of hydrogen-bond acceptors (Lipinski definition) is 4. The Hall–Kier alpha value is -6.04. The second kappa shape index (κ2) is 11.8. The number of amidine groups is 1. The third-order valence-corrected chi connectivity index (χ3v) is 11.2. The normalized spacial score (nSPS) is 17.4. The minimum absolute atomic E-state index is 0.329. The Morgan fingerprint density at radius 1 is 0.620 bits per heavy atom. The summed E-state index contributed by atoms with van der Waals surface area (Å²) < 4.78 is 4.86. The quantitative estimate of drug-likeness (QED) is 0.201. The Balaban J connectivity index is 1.19. The zero-order valence-corrected chi connectivity index (χ0v) is 28.0. The number of fused-ring (bicyclic) bond motifs is 7. The molecule has 2 atom stereocenters. The molecular weight excluding hydrogens is 629 g/mol. The maximum atomic E-state index is 5.41. The Morgan fingerprint density at radius 2 is 1.40 bits per heavy atom. The van der Waals surface area contributed by atoms with E-state index in [0.717, 1.165) is 40.0 Å². The van der Waals surface area contributed by atoms with E-state index in [2.05, 4.69) is 174 Å². The van der Waals surface area contributed by atoms with Crippen molar-refractivity contribution in [3.8, 4) is 11.1 Å². The lowest BCUT2D eigenvalue weighted by Crippen LogP contribution is -2.35. The van der Waals surface area contributed by atoms with E-state index in [0.29, 0.717) is 11.9 Å². The summed E-state index contributed by atoms with van der Waals surface area (Å²) in [6.07, 6.45) is 9.48. The second-order valence-corrected chi connectivity index (χ2v) is 14.0. The van der Waals surface area contributed by atoms with Crippen molar-refractivity contribution in [1.29, 1.82) is 0 Å². The average molecular weight is 661 g/mol. The van der Waals surface area contributed by atoms with Gasteiger partial charge < -0.3 is 5.32 Å². The topological polar surface area (TPSA) is 41.7 Å². The lowest BCUT2D eigenvalue weighted by atomic mass is 9.91. The van der Waals surface area contributed by atoms with E-state index in [-0.39, 0.29) is 6.17 Å². The molecule has 1 aliphatic carbocycles. The van der Waals surface area contributed by atoms with Crippen molar-refractivity contribution in [3.05, 3.63) is 181 Å². The molecular formula is C45H32N4S. The van der Waals surface area contributed by atoms with E-state index < -0.39 is 0 Å². The lowest BCUT2D eigenvalue weighted by Gasteiger charge is -2.25. The van der Waals surface area contributed by atoms with Gasteiger partial charge in [0, 0.05) is 42.4 Å². The number of nitrogens with one attached hydrogen (secondary N) is 1. The molecule has 2 unspecified atom stereocenters. The fourth-order valence-corrected chi connectivity index (χ4v) is 8.83. The van der Waals surface area contributed by atoms with Crippen molar-refractivity contribution < 1.29 is 0 Å². The van der Waals surface area contributed by atoms with Gasteiger partial charge >= 0.3 is 0 Å². The summed E-state index contributed by atoms with van der Waals surface area (Å²) in [4.78, 5) is 10.8. The van der Waals surface area contributed by atoms with E-state index in [1.54, 1.807) is 0 Å². The summed E-state index contributed by atoms with van der Waals surface area (Å²) in [6, 6.07) is 50.0. The summed E-state index contributed by atoms with van der Waals surface area (Å²) in [5.41, 5.74) is 7.96. The van der Waals surface area contributed by atoms with Crippen LogP contribution in [0.5, 0.6) is 0 Å². The van der Waals surface area contributed by atoms with Gasteiger partial charge in [0.25, 0.3) is 0 Å². The van der Waals surface area contributed by atoms with Crippen LogP contribution in [0.25, 0.3) is 53.1 Å². The highest BCUT2D eigenvalue weighted by atomic mass is 32.1. The maximum Gasteiger partial charge on any atom is 0.234 e. The van der Waals surface area contributed by atoms with Crippen molar-refractivity contribution in [1.82, 2.24) is 9.88 Å². The molecule has 0 spiro atoms. The second-order valence-electron chi connectivity index (χ2n) is 13.0. The summed E-state index contributed by atoms with van der Waals surface area (Å²) in [5.74, 6) is 1.83. The van der Waals surface area contributed by atoms with Crippen LogP contribution >= 0.6 is 11.3 Å². The predicted molar refractivity (Wildman–Crippen MR) is 212 cm³/mol. The van der Waals surface area contributed by atoms with Crippen LogP contribution in [-0.4, -0.2) is 16.4 Å². The van der Waals surface area contributed by atoms with Gasteiger partial charge in [0.15, 0.2) is 0 Å². The van der Waals surface area contributed by atoms with E-state index in [1.165, 1.54) is 42.1 Å². The van der Waals surface area contributed by atoms with E-state index >= 15 is 0 Å². The molecule has 0 saturated heterocycles. The molecule has 10 rings (SSSR count). The van der Waals surface area contributed by atoms with Gasteiger partial charge in [-0.15, -0.1) is 11.3 Å². The predicted octanol–water partition coefficient (Wildman–Crippen LogP) is 11.4. The fourth-order valence-electron chi connectivity index (χ4n) is 7.57. The van der Waals surface area contributed by atoms with Crippen LogP contribution in [0.1, 0.15) is 35.2 Å². The molecule has 2 aliphatic rings. The maximum absolute atomic E-state index is 5.41. The molecule has 1 aliphatic heterocycles. The molecule has 0 amide bonds. The largest absolute Gasteiger partial charge is 0.344 e. The molecule has 3 heterocycles. The number of nitrogens with zero attached hydrogens (tertiary/aromatic N) is 3. The smallest absolute Gasteiger partial charge is 0.234 e. The van der Waals surface area contributed by atoms with Crippen LogP contribution in [0.15, 0.2) is 174 Å². The zero-order chi connectivity index (χ0) is 33.0. The molecule has 0 bridgehead atoms. The third-order valence-electron chi connectivity index (χ3n) is 9.99. The monoisotopic (exact) mass is 660 g/mol. The minimum atomic E-state index is -0.329. The molecule has 1 N–H and O–H groups in total. The van der Waals surface area contributed by atoms with Crippen LogP contribution in [0.3, 0.4) is 0 Å². The highest BCUT2D eigenvalue weighted by Crippen LogP contribution is 2.42. The first kappa shape index (κ1) is 28.9. The number of hydrogen-bond donors (Lipinski definition) is 1. The molecule has 2 aromatic heterocycles. The van der Waals surface area contributed by atoms with Crippen molar-refractivity contribution in [2.75, 3.05) is 0 Å². The van der Waals surface area contributed by atoms with Gasteiger partial charge in [-0.05, 0) is 52.9 Å². The number of para-hydroxylation sites is 1. The Bertz CT molecular complexity index is 2730. The van der Waals surface area contributed by atoms with Crippen LogP contribution in [-0.2, 0) is 0 Å². The van der Waals surface area contributed by atoms with Crippen LogP contribution in [0.4, 0.5) is 0 Å². The molecule has 0 saturated carbocycles. The van der Waals surface area contributed by atoms with Crippen molar-refractivity contribution in [3.63, 3.8) is 0 Å². The fraction of sp³-hybridized carbons (Fsp3) is 0.0667. The Kier molecular flexibility index (Phi) is 6.84. The van der Waals surface area contributed by atoms with Gasteiger partial charge in [-0.25, -0.2) is 4.99 Å². The van der Waals surface area contributed by atoms with Gasteiger partial charge in [0.05, 0.1) is 11.0 Å². The van der Waals surface area contributed by atoms with E-state index in [4.69, 9.17) is 9.98 Å². The first-order chi connectivity index (χ1) is 24.8. The van der Waals surface area contributed by atoms with Crippen LogP contribution < -0.4 is 5.32 Å². The van der Waals surface area contributed by atoms with Crippen molar-refractivity contribution in [2.24, 2.45) is 9.98 Å². The molecule has 8 aromatic rings. The van der Waals surface area contributed by atoms with E-state index in [1.807, 2.05) is 11.3 Å². The molecule has 0 fully saturated rings.